The molecule has 21 heavy (non-hydrogen) atoms. The summed E-state index contributed by atoms with van der Waals surface area (Å²) in [5.74, 6) is -1.21. The molecule has 0 saturated heterocycles. The van der Waals surface area contributed by atoms with Crippen LogP contribution in [0.3, 0.4) is 0 Å². The van der Waals surface area contributed by atoms with Gasteiger partial charge in [-0.15, -0.1) is 0 Å². The van der Waals surface area contributed by atoms with E-state index in [9.17, 15) is 9.59 Å². The highest BCUT2D eigenvalue weighted by Crippen LogP contribution is 1.95. The Balaban J connectivity index is -0.000000317. The maximum atomic E-state index is 10.9. The quantitative estimate of drug-likeness (QED) is 0.329. The van der Waals surface area contributed by atoms with Crippen molar-refractivity contribution in [2.45, 2.75) is 41.0 Å². The highest BCUT2D eigenvalue weighted by molar-refractivity contribution is 5.83. The van der Waals surface area contributed by atoms with E-state index in [0.717, 1.165) is 24.5 Å². The summed E-state index contributed by atoms with van der Waals surface area (Å²) in [7, 11) is 0. The zero-order chi connectivity index (χ0) is 16.0. The molecule has 0 saturated carbocycles. The van der Waals surface area contributed by atoms with Crippen LogP contribution in [0.5, 0.6) is 0 Å². The molecule has 0 heterocycles. The molecule has 0 amide bonds. The fraction of sp³-hybridized carbons (Fsp3) is 0.412. The third kappa shape index (κ3) is 20.4. The molecule has 0 bridgehead atoms. The Hall–Kier alpha value is -2.10. The minimum Gasteiger partial charge on any atom is -0.478 e. The van der Waals surface area contributed by atoms with Crippen molar-refractivity contribution in [3.8, 4) is 0 Å². The number of unbranched alkanes of at least 4 members (excludes halogenated alkanes) is 1. The predicted octanol–water partition coefficient (Wildman–Crippen LogP) is 4.30. The Morgan fingerprint density at radius 1 is 1.10 bits per heavy atom. The van der Waals surface area contributed by atoms with Gasteiger partial charge in [-0.1, -0.05) is 46.1 Å². The number of carboxylic acid groups (broad SMARTS) is 1. The number of esters is 1. The van der Waals surface area contributed by atoms with E-state index >= 15 is 0 Å². The van der Waals surface area contributed by atoms with E-state index in [-0.39, 0.29) is 13.4 Å². The summed E-state index contributed by atoms with van der Waals surface area (Å²) in [6.45, 7) is 13.0. The number of hydrogen-bond donors (Lipinski definition) is 1. The average Bonchev–Trinajstić information content (AvgIpc) is 2.38. The molecule has 0 aliphatic carbocycles. The number of carboxylic acids is 1. The Bertz CT molecular complexity index is 390. The van der Waals surface area contributed by atoms with E-state index in [0.29, 0.717) is 12.2 Å². The second-order valence-corrected chi connectivity index (χ2v) is 4.04. The van der Waals surface area contributed by atoms with Crippen LogP contribution in [-0.4, -0.2) is 23.7 Å². The minimum atomic E-state index is -0.928. The summed E-state index contributed by atoms with van der Waals surface area (Å²) in [4.78, 5) is 20.8. The van der Waals surface area contributed by atoms with Crippen molar-refractivity contribution in [3.05, 3.63) is 48.6 Å². The number of carbonyl (C=O) groups is 2. The summed E-state index contributed by atoms with van der Waals surface area (Å²) < 4.78 is 4.89. The van der Waals surface area contributed by atoms with Crippen LogP contribution in [0.4, 0.5) is 0 Å². The molecule has 4 heteroatoms. The van der Waals surface area contributed by atoms with Crippen molar-refractivity contribution in [2.75, 3.05) is 6.61 Å². The van der Waals surface area contributed by atoms with Gasteiger partial charge in [-0.25, -0.2) is 9.59 Å². The molecular weight excluding hydrogens is 268 g/mol. The summed E-state index contributed by atoms with van der Waals surface area (Å²) in [5.41, 5.74) is 1.49. The largest absolute Gasteiger partial charge is 0.478 e. The number of ether oxygens (including phenoxy) is 1. The normalized spacial score (nSPS) is 10.4. The lowest BCUT2D eigenvalue weighted by Gasteiger charge is -1.99. The molecule has 0 spiro atoms. The maximum Gasteiger partial charge on any atom is 0.331 e. The number of carbonyl (C=O) groups excluding carboxylic acids is 1. The number of rotatable bonds is 7. The predicted molar refractivity (Wildman–Crippen MR) is 88.1 cm³/mol. The van der Waals surface area contributed by atoms with Crippen LogP contribution in [0.25, 0.3) is 0 Å². The molecule has 120 valence electrons. The van der Waals surface area contributed by atoms with E-state index in [1.165, 1.54) is 12.2 Å². The van der Waals surface area contributed by atoms with Gasteiger partial charge in [-0.2, -0.15) is 0 Å². The Labute approximate surface area is 128 Å². The van der Waals surface area contributed by atoms with Crippen LogP contribution in [-0.2, 0) is 14.3 Å². The fourth-order valence-electron chi connectivity index (χ4n) is 0.857. The van der Waals surface area contributed by atoms with E-state index in [1.807, 2.05) is 6.92 Å². The van der Waals surface area contributed by atoms with Gasteiger partial charge >= 0.3 is 11.9 Å². The molecule has 1 N–H and O–H groups in total. The van der Waals surface area contributed by atoms with Gasteiger partial charge in [0.15, 0.2) is 0 Å². The zero-order valence-corrected chi connectivity index (χ0v) is 12.5. The lowest BCUT2D eigenvalue weighted by Crippen LogP contribution is -2.02. The third-order valence-corrected chi connectivity index (χ3v) is 2.08. The first-order valence-electron chi connectivity index (χ1n) is 6.38. The highest BCUT2D eigenvalue weighted by atomic mass is 16.5. The van der Waals surface area contributed by atoms with E-state index in [2.05, 4.69) is 20.1 Å². The average molecular weight is 296 g/mol. The van der Waals surface area contributed by atoms with Gasteiger partial charge in [-0.3, -0.25) is 0 Å². The topological polar surface area (TPSA) is 63.6 Å². The fourth-order valence-corrected chi connectivity index (χ4v) is 0.857. The number of allylic oxidation sites excluding steroid dienone is 4. The minimum absolute atomic E-state index is 0. The first-order chi connectivity index (χ1) is 9.37. The zero-order valence-electron chi connectivity index (χ0n) is 12.5. The summed E-state index contributed by atoms with van der Waals surface area (Å²) in [6.07, 6.45) is 7.63. The van der Waals surface area contributed by atoms with Gasteiger partial charge in [0, 0.05) is 12.2 Å². The Kier molecular flexibility index (Phi) is 18.2. The number of aliphatic carboxylic acids is 1. The highest BCUT2D eigenvalue weighted by Gasteiger charge is 1.96. The summed E-state index contributed by atoms with van der Waals surface area (Å²) in [6, 6.07) is 0. The summed E-state index contributed by atoms with van der Waals surface area (Å²) in [5, 5.41) is 8.09. The second kappa shape index (κ2) is 16.0. The molecule has 0 aromatic heterocycles. The molecule has 0 aliphatic heterocycles. The van der Waals surface area contributed by atoms with Crippen LogP contribution in [0.1, 0.15) is 41.0 Å². The van der Waals surface area contributed by atoms with Crippen molar-refractivity contribution in [3.63, 3.8) is 0 Å². The van der Waals surface area contributed by atoms with Gasteiger partial charge in [-0.05, 0) is 31.4 Å². The monoisotopic (exact) mass is 296 g/mol. The smallest absolute Gasteiger partial charge is 0.331 e. The Morgan fingerprint density at radius 2 is 1.57 bits per heavy atom. The first kappa shape index (κ1) is 24.0. The lowest BCUT2D eigenvalue weighted by atomic mass is 10.3. The molecule has 0 radical (unpaired) electrons. The molecule has 0 rings (SSSR count). The molecule has 0 aliphatic rings. The van der Waals surface area contributed by atoms with Crippen LogP contribution in [0.15, 0.2) is 48.6 Å². The van der Waals surface area contributed by atoms with Crippen molar-refractivity contribution >= 4 is 11.9 Å². The summed E-state index contributed by atoms with van der Waals surface area (Å²) >= 11 is 0. The SMILES string of the molecule is C.C=C/C(C)=C\C(=O)O.C=C/C(C)=C\C(=O)OCCCC. The maximum absolute atomic E-state index is 10.9. The Morgan fingerprint density at radius 3 is 1.90 bits per heavy atom. The molecule has 0 atom stereocenters. The molecule has 0 aromatic rings. The van der Waals surface area contributed by atoms with Crippen LogP contribution < -0.4 is 0 Å². The van der Waals surface area contributed by atoms with Crippen LogP contribution in [0.2, 0.25) is 0 Å². The standard InChI is InChI=1S/C10H16O2.C6H8O2.CH4/c1-4-6-7-12-10(11)8-9(3)5-2;1-3-5(2)4-6(7)8;/h5,8H,2,4,6-7H2,1,3H3;3-4H,1H2,2H3,(H,7,8);1H4/b9-8-;5-4-;. The van der Waals surface area contributed by atoms with E-state index < -0.39 is 5.97 Å². The molecule has 4 nitrogen and oxygen atoms in total. The molecular formula is C17H28O4. The lowest BCUT2D eigenvalue weighted by molar-refractivity contribution is -0.138. The van der Waals surface area contributed by atoms with Crippen molar-refractivity contribution in [1.29, 1.82) is 0 Å². The van der Waals surface area contributed by atoms with Gasteiger partial charge in [0.2, 0.25) is 0 Å². The van der Waals surface area contributed by atoms with Gasteiger partial charge < -0.3 is 9.84 Å². The first-order valence-corrected chi connectivity index (χ1v) is 6.38. The van der Waals surface area contributed by atoms with Gasteiger partial charge in [0.05, 0.1) is 6.61 Å². The molecule has 0 aromatic carbocycles. The van der Waals surface area contributed by atoms with E-state index in [4.69, 9.17) is 9.84 Å². The number of hydrogen-bond acceptors (Lipinski definition) is 3. The molecule has 0 unspecified atom stereocenters. The molecule has 0 fully saturated rings. The van der Waals surface area contributed by atoms with Crippen molar-refractivity contribution < 1.29 is 19.4 Å². The second-order valence-electron chi connectivity index (χ2n) is 4.04. The third-order valence-electron chi connectivity index (χ3n) is 2.08. The van der Waals surface area contributed by atoms with Crippen LogP contribution in [0, 0.1) is 0 Å². The van der Waals surface area contributed by atoms with Gasteiger partial charge in [0.25, 0.3) is 0 Å². The van der Waals surface area contributed by atoms with Crippen LogP contribution >= 0.6 is 0 Å². The van der Waals surface area contributed by atoms with Gasteiger partial charge in [0.1, 0.15) is 0 Å². The van der Waals surface area contributed by atoms with Crippen molar-refractivity contribution in [2.24, 2.45) is 0 Å². The van der Waals surface area contributed by atoms with E-state index in [1.54, 1.807) is 13.0 Å². The van der Waals surface area contributed by atoms with Crippen molar-refractivity contribution in [1.82, 2.24) is 0 Å².